The number of hydrogen-bond acceptors (Lipinski definition) is 3. The highest BCUT2D eigenvalue weighted by Crippen LogP contribution is 2.59. The van der Waals surface area contributed by atoms with E-state index in [-0.39, 0.29) is 5.91 Å². The van der Waals surface area contributed by atoms with E-state index in [1.165, 1.54) is 23.0 Å². The van der Waals surface area contributed by atoms with E-state index in [2.05, 4.69) is 78.1 Å². The lowest BCUT2D eigenvalue weighted by Crippen LogP contribution is -2.33. The smallest absolute Gasteiger partial charge is 0.338 e. The highest BCUT2D eigenvalue weighted by molar-refractivity contribution is 7.95. The second kappa shape index (κ2) is 11.1. The zero-order valence-corrected chi connectivity index (χ0v) is 20.9. The average molecular weight is 483 g/mol. The number of ether oxygens (including phenoxy) is 1. The summed E-state index contributed by atoms with van der Waals surface area (Å²) in [5.41, 5.74) is 1.89. The van der Waals surface area contributed by atoms with E-state index >= 15 is 0 Å². The third-order valence-electron chi connectivity index (χ3n) is 6.16. The number of nitrogens with one attached hydrogen (secondary N) is 1. The molecule has 0 fully saturated rings. The molecule has 35 heavy (non-hydrogen) atoms. The van der Waals surface area contributed by atoms with Crippen LogP contribution in [0.5, 0.6) is 0 Å². The van der Waals surface area contributed by atoms with Gasteiger partial charge in [0, 0.05) is 17.7 Å². The third-order valence-corrected chi connectivity index (χ3v) is 10.5. The van der Waals surface area contributed by atoms with Gasteiger partial charge >= 0.3 is 5.97 Å². The van der Waals surface area contributed by atoms with Crippen LogP contribution in [0.2, 0.25) is 0 Å². The van der Waals surface area contributed by atoms with Gasteiger partial charge in [0.25, 0.3) is 0 Å². The minimum absolute atomic E-state index is 0.101. The van der Waals surface area contributed by atoms with Crippen molar-refractivity contribution in [1.29, 1.82) is 0 Å². The molecular weight excluding hydrogens is 453 g/mol. The molecule has 4 nitrogen and oxygen atoms in total. The van der Waals surface area contributed by atoms with Crippen LogP contribution in [0.15, 0.2) is 109 Å². The number of carbonyl (C=O) groups is 2. The molecular formula is C30H29NO3P+. The standard InChI is InChI=1S/C30H28NO3P/c1-3-29(32)31-28-21-13-20-26(30(33)34-2)27(28)22-35(23-14-7-4-8-15-23,24-16-9-5-10-17-24)25-18-11-6-12-19-25/h4-21H,3,22H2,1-2H3/p+1. The van der Waals surface area contributed by atoms with Crippen molar-refractivity contribution in [3.05, 3.63) is 120 Å². The summed E-state index contributed by atoms with van der Waals surface area (Å²) in [5.74, 6) is -0.517. The Morgan fingerprint density at radius 1 is 0.714 bits per heavy atom. The van der Waals surface area contributed by atoms with Crippen molar-refractivity contribution in [3.8, 4) is 0 Å². The summed E-state index contributed by atoms with van der Waals surface area (Å²) in [5, 5.41) is 6.62. The maximum absolute atomic E-state index is 12.9. The Morgan fingerprint density at radius 3 is 1.63 bits per heavy atom. The molecule has 0 spiro atoms. The van der Waals surface area contributed by atoms with Crippen molar-refractivity contribution in [1.82, 2.24) is 0 Å². The molecule has 1 N–H and O–H groups in total. The Kier molecular flexibility index (Phi) is 7.74. The molecule has 4 aromatic carbocycles. The lowest BCUT2D eigenvalue weighted by Gasteiger charge is -2.29. The van der Waals surface area contributed by atoms with Crippen LogP contribution < -0.4 is 21.2 Å². The zero-order valence-electron chi connectivity index (χ0n) is 20.0. The first kappa shape index (κ1) is 24.4. The van der Waals surface area contributed by atoms with Crippen LogP contribution in [0.3, 0.4) is 0 Å². The Bertz CT molecular complexity index is 1190. The lowest BCUT2D eigenvalue weighted by molar-refractivity contribution is -0.115. The number of amides is 1. The summed E-state index contributed by atoms with van der Waals surface area (Å²) in [6.07, 6.45) is 0.897. The highest BCUT2D eigenvalue weighted by Gasteiger charge is 2.46. The SMILES string of the molecule is CCC(=O)Nc1cccc(C(=O)OC)c1C[P+](c1ccccc1)(c1ccccc1)c1ccccc1. The van der Waals surface area contributed by atoms with Gasteiger partial charge in [-0.25, -0.2) is 4.79 Å². The minimum Gasteiger partial charge on any atom is -0.465 e. The van der Waals surface area contributed by atoms with Crippen molar-refractivity contribution in [2.45, 2.75) is 19.5 Å². The van der Waals surface area contributed by atoms with Crippen molar-refractivity contribution in [2.24, 2.45) is 0 Å². The van der Waals surface area contributed by atoms with E-state index in [0.29, 0.717) is 23.8 Å². The van der Waals surface area contributed by atoms with E-state index in [4.69, 9.17) is 4.74 Å². The molecule has 0 unspecified atom stereocenters. The van der Waals surface area contributed by atoms with Gasteiger partial charge in [-0.15, -0.1) is 0 Å². The summed E-state index contributed by atoms with van der Waals surface area (Å²) in [4.78, 5) is 25.4. The molecule has 176 valence electrons. The van der Waals surface area contributed by atoms with Gasteiger partial charge in [0.05, 0.1) is 12.7 Å². The fraction of sp³-hybridized carbons (Fsp3) is 0.133. The summed E-state index contributed by atoms with van der Waals surface area (Å²) in [6, 6.07) is 36.8. The van der Waals surface area contributed by atoms with Gasteiger partial charge in [-0.3, -0.25) is 4.79 Å². The molecule has 0 saturated heterocycles. The van der Waals surface area contributed by atoms with E-state index < -0.39 is 13.2 Å². The fourth-order valence-corrected chi connectivity index (χ4v) is 8.72. The fourth-order valence-electron chi connectivity index (χ4n) is 4.42. The molecule has 4 rings (SSSR count). The first-order chi connectivity index (χ1) is 17.1. The molecule has 0 atom stereocenters. The molecule has 1 amide bonds. The van der Waals surface area contributed by atoms with Gasteiger partial charge in [-0.05, 0) is 48.5 Å². The van der Waals surface area contributed by atoms with E-state index in [0.717, 1.165) is 5.56 Å². The zero-order chi connectivity index (χ0) is 24.7. The first-order valence-corrected chi connectivity index (χ1v) is 13.6. The van der Waals surface area contributed by atoms with Crippen molar-refractivity contribution >= 4 is 40.7 Å². The Balaban J connectivity index is 2.04. The lowest BCUT2D eigenvalue weighted by atomic mass is 10.1. The quantitative estimate of drug-likeness (QED) is 0.273. The molecule has 0 radical (unpaired) electrons. The summed E-state index contributed by atoms with van der Waals surface area (Å²) < 4.78 is 5.16. The number of benzene rings is 4. The number of methoxy groups -OCH3 is 1. The van der Waals surface area contributed by atoms with Crippen molar-refractivity contribution in [3.63, 3.8) is 0 Å². The highest BCUT2D eigenvalue weighted by atomic mass is 31.2. The molecule has 5 heteroatoms. The maximum Gasteiger partial charge on any atom is 0.338 e. The van der Waals surface area contributed by atoms with Crippen molar-refractivity contribution in [2.75, 3.05) is 12.4 Å². The van der Waals surface area contributed by atoms with Crippen LogP contribution in [0.25, 0.3) is 0 Å². The van der Waals surface area contributed by atoms with Gasteiger partial charge in [0.2, 0.25) is 5.91 Å². The van der Waals surface area contributed by atoms with Crippen LogP contribution in [0.1, 0.15) is 29.3 Å². The third kappa shape index (κ3) is 5.03. The molecule has 0 aliphatic heterocycles. The number of hydrogen-bond donors (Lipinski definition) is 1. The summed E-state index contributed by atoms with van der Waals surface area (Å²) in [6.45, 7) is 1.81. The predicted octanol–water partition coefficient (Wildman–Crippen LogP) is 5.32. The van der Waals surface area contributed by atoms with E-state index in [1.54, 1.807) is 12.1 Å². The predicted molar refractivity (Wildman–Crippen MR) is 146 cm³/mol. The Morgan fingerprint density at radius 2 is 1.20 bits per heavy atom. The van der Waals surface area contributed by atoms with Crippen LogP contribution in [-0.4, -0.2) is 19.0 Å². The minimum atomic E-state index is -2.29. The maximum atomic E-state index is 12.9. The summed E-state index contributed by atoms with van der Waals surface area (Å²) >= 11 is 0. The largest absolute Gasteiger partial charge is 0.465 e. The molecule has 0 aromatic heterocycles. The second-order valence-corrected chi connectivity index (χ2v) is 11.7. The van der Waals surface area contributed by atoms with Gasteiger partial charge in [-0.1, -0.05) is 67.6 Å². The molecule has 4 aromatic rings. The monoisotopic (exact) mass is 482 g/mol. The number of anilines is 1. The normalized spacial score (nSPS) is 11.0. The molecule has 0 bridgehead atoms. The van der Waals surface area contributed by atoms with Crippen LogP contribution in [0, 0.1) is 0 Å². The van der Waals surface area contributed by atoms with Crippen LogP contribution in [0.4, 0.5) is 5.69 Å². The van der Waals surface area contributed by atoms with E-state index in [1.807, 2.05) is 31.2 Å². The second-order valence-electron chi connectivity index (χ2n) is 8.20. The number of esters is 1. The Labute approximate surface area is 207 Å². The van der Waals surface area contributed by atoms with Gasteiger partial charge in [0.1, 0.15) is 29.3 Å². The number of carbonyl (C=O) groups excluding carboxylic acids is 2. The first-order valence-electron chi connectivity index (χ1n) is 11.6. The molecule has 0 heterocycles. The Hall–Kier alpha value is -3.75. The van der Waals surface area contributed by atoms with E-state index in [9.17, 15) is 9.59 Å². The summed E-state index contributed by atoms with van der Waals surface area (Å²) in [7, 11) is -0.904. The number of rotatable bonds is 8. The van der Waals surface area contributed by atoms with Gasteiger partial charge in [0.15, 0.2) is 0 Å². The van der Waals surface area contributed by atoms with Crippen LogP contribution in [-0.2, 0) is 15.7 Å². The molecule has 0 saturated carbocycles. The average Bonchev–Trinajstić information content (AvgIpc) is 2.93. The van der Waals surface area contributed by atoms with Gasteiger partial charge < -0.3 is 10.1 Å². The van der Waals surface area contributed by atoms with Gasteiger partial charge in [-0.2, -0.15) is 0 Å². The molecule has 0 aliphatic carbocycles. The van der Waals surface area contributed by atoms with Crippen LogP contribution >= 0.6 is 7.26 Å². The topological polar surface area (TPSA) is 55.4 Å². The molecule has 0 aliphatic rings. The van der Waals surface area contributed by atoms with Crippen molar-refractivity contribution < 1.29 is 14.3 Å².